The molecular formula is C52H41BN2OS3. The molecule has 9 aromatic rings. The van der Waals surface area contributed by atoms with Gasteiger partial charge in [-0.15, -0.1) is 11.3 Å². The van der Waals surface area contributed by atoms with Gasteiger partial charge in [-0.3, -0.25) is 0 Å². The maximum Gasteiger partial charge on any atom is 0.264 e. The first-order valence-corrected chi connectivity index (χ1v) is 22.9. The Morgan fingerprint density at radius 3 is 1.78 bits per heavy atom. The van der Waals surface area contributed by atoms with Crippen LogP contribution in [0.15, 0.2) is 164 Å². The zero-order valence-electron chi connectivity index (χ0n) is 33.9. The summed E-state index contributed by atoms with van der Waals surface area (Å²) in [6.45, 7) is 13.8. The van der Waals surface area contributed by atoms with Crippen molar-refractivity contribution in [2.24, 2.45) is 0 Å². The Morgan fingerprint density at radius 2 is 1.12 bits per heavy atom. The molecule has 0 fully saturated rings. The quantitative estimate of drug-likeness (QED) is 0.161. The zero-order valence-corrected chi connectivity index (χ0v) is 36.3. The maximum absolute atomic E-state index is 6.52. The van der Waals surface area contributed by atoms with Crippen LogP contribution < -0.4 is 25.5 Å². The SMILES string of the molecule is CC(C)(C)c1ccc(N2c3cccc4c3B(c3ccc5c(c32)Sc2ccccc2S5)c2sc3c(ccc5oc6ccccc6c53)c2N4c2ccc(C(C)(C)C)cc2)cc1. The summed E-state index contributed by atoms with van der Waals surface area (Å²) < 4.78 is 9.17. The first-order valence-electron chi connectivity index (χ1n) is 20.5. The van der Waals surface area contributed by atoms with E-state index in [0.29, 0.717) is 0 Å². The van der Waals surface area contributed by atoms with Crippen LogP contribution in [0.25, 0.3) is 32.0 Å². The van der Waals surface area contributed by atoms with E-state index in [9.17, 15) is 0 Å². The monoisotopic (exact) mass is 816 g/mol. The molecule has 59 heavy (non-hydrogen) atoms. The van der Waals surface area contributed by atoms with Crippen molar-refractivity contribution in [1.82, 2.24) is 0 Å². The molecule has 3 nitrogen and oxygen atoms in total. The van der Waals surface area contributed by atoms with Gasteiger partial charge in [0, 0.05) is 68.0 Å². The molecule has 0 saturated heterocycles. The average Bonchev–Trinajstić information content (AvgIpc) is 3.81. The minimum absolute atomic E-state index is 0.0279. The second kappa shape index (κ2) is 12.6. The van der Waals surface area contributed by atoms with Crippen LogP contribution in [-0.4, -0.2) is 6.71 Å². The third-order valence-electron chi connectivity index (χ3n) is 12.4. The Hall–Kier alpha value is -5.34. The predicted molar refractivity (Wildman–Crippen MR) is 255 cm³/mol. The lowest BCUT2D eigenvalue weighted by Gasteiger charge is -2.44. The zero-order chi connectivity index (χ0) is 39.9. The number of rotatable bonds is 2. The van der Waals surface area contributed by atoms with Crippen LogP contribution in [0.1, 0.15) is 52.7 Å². The molecule has 0 atom stereocenters. The molecule has 0 unspecified atom stereocenters. The molecule has 286 valence electrons. The fraction of sp³-hybridized carbons (Fsp3) is 0.154. The average molecular weight is 817 g/mol. The first kappa shape index (κ1) is 35.6. The molecule has 7 heteroatoms. The number of nitrogens with zero attached hydrogens (tertiary/aromatic N) is 2. The Bertz CT molecular complexity index is 3200. The van der Waals surface area contributed by atoms with Crippen LogP contribution in [0.5, 0.6) is 0 Å². The van der Waals surface area contributed by atoms with Crippen molar-refractivity contribution >= 4 is 123 Å². The number of furan rings is 1. The van der Waals surface area contributed by atoms with Gasteiger partial charge in [0.25, 0.3) is 6.71 Å². The number of benzene rings is 7. The van der Waals surface area contributed by atoms with Gasteiger partial charge in [-0.1, -0.05) is 132 Å². The van der Waals surface area contributed by atoms with Crippen LogP contribution in [0, 0.1) is 0 Å². The topological polar surface area (TPSA) is 19.6 Å². The van der Waals surface area contributed by atoms with Crippen molar-refractivity contribution in [1.29, 1.82) is 0 Å². The summed E-state index contributed by atoms with van der Waals surface area (Å²) >= 11 is 5.77. The Morgan fingerprint density at radius 1 is 0.508 bits per heavy atom. The molecule has 0 saturated carbocycles. The number of para-hydroxylation sites is 1. The van der Waals surface area contributed by atoms with Gasteiger partial charge < -0.3 is 14.2 Å². The van der Waals surface area contributed by atoms with E-state index in [4.69, 9.17) is 4.42 Å². The molecule has 0 spiro atoms. The molecule has 0 bridgehead atoms. The largest absolute Gasteiger partial charge is 0.456 e. The van der Waals surface area contributed by atoms with Crippen molar-refractivity contribution in [2.75, 3.05) is 9.80 Å². The summed E-state index contributed by atoms with van der Waals surface area (Å²) in [7, 11) is 0. The summed E-state index contributed by atoms with van der Waals surface area (Å²) in [5.41, 5.74) is 14.7. The van der Waals surface area contributed by atoms with E-state index in [2.05, 4.69) is 191 Å². The minimum atomic E-state index is 0.0279. The summed E-state index contributed by atoms with van der Waals surface area (Å²) in [6, 6.07) is 52.4. The van der Waals surface area contributed by atoms with Crippen molar-refractivity contribution < 1.29 is 4.42 Å². The molecule has 0 aliphatic carbocycles. The molecule has 3 aliphatic rings. The van der Waals surface area contributed by atoms with Gasteiger partial charge in [0.15, 0.2) is 0 Å². The highest BCUT2D eigenvalue weighted by molar-refractivity contribution is 8.05. The van der Waals surface area contributed by atoms with Gasteiger partial charge in [-0.2, -0.15) is 0 Å². The van der Waals surface area contributed by atoms with E-state index in [1.807, 2.05) is 34.9 Å². The first-order chi connectivity index (χ1) is 28.5. The highest BCUT2D eigenvalue weighted by atomic mass is 32.2. The predicted octanol–water partition coefficient (Wildman–Crippen LogP) is 14.1. The van der Waals surface area contributed by atoms with Crippen molar-refractivity contribution in [3.8, 4) is 0 Å². The summed E-state index contributed by atoms with van der Waals surface area (Å²) in [6.07, 6.45) is 0. The smallest absolute Gasteiger partial charge is 0.264 e. The molecule has 7 aromatic carbocycles. The Balaban J connectivity index is 1.18. The number of thiophene rings is 1. The van der Waals surface area contributed by atoms with Gasteiger partial charge in [0.05, 0.1) is 11.4 Å². The van der Waals surface area contributed by atoms with Gasteiger partial charge in [0.2, 0.25) is 0 Å². The van der Waals surface area contributed by atoms with Gasteiger partial charge >= 0.3 is 0 Å². The van der Waals surface area contributed by atoms with E-state index >= 15 is 0 Å². The normalized spacial score (nSPS) is 14.4. The number of hydrogen-bond acceptors (Lipinski definition) is 6. The molecule has 3 aliphatic heterocycles. The van der Waals surface area contributed by atoms with E-state index in [-0.39, 0.29) is 17.5 Å². The summed E-state index contributed by atoms with van der Waals surface area (Å²) in [5, 5.41) is 3.63. The standard InChI is InChI=1S/C52H41BN2OS3/c1-51(2,3)30-18-22-32(23-19-30)54-37-13-11-14-38-45(37)53(50-46(54)35-26-28-40-44(48(35)59-50)34-12-7-8-15-39(34)56-40)36-27-29-43-49(58-42-17-10-9-16-41(42)57-43)47(36)55(38)33-24-20-31(21-25-33)52(4,5)6/h7-29H,1-6H3. The van der Waals surface area contributed by atoms with Crippen LogP contribution >= 0.6 is 34.9 Å². The molecule has 12 rings (SSSR count). The van der Waals surface area contributed by atoms with Crippen LogP contribution in [0.4, 0.5) is 34.1 Å². The molecule has 5 heterocycles. The van der Waals surface area contributed by atoms with Crippen LogP contribution in [0.3, 0.4) is 0 Å². The second-order valence-corrected chi connectivity index (χ2v) is 21.3. The highest BCUT2D eigenvalue weighted by Crippen LogP contribution is 2.56. The molecule has 0 N–H and O–H groups in total. The van der Waals surface area contributed by atoms with Crippen molar-refractivity contribution in [2.45, 2.75) is 72.0 Å². The number of anilines is 6. The molecule has 0 radical (unpaired) electrons. The fourth-order valence-electron chi connectivity index (χ4n) is 9.51. The maximum atomic E-state index is 6.52. The van der Waals surface area contributed by atoms with E-state index in [1.54, 1.807) is 0 Å². The van der Waals surface area contributed by atoms with E-state index in [0.717, 1.165) is 11.2 Å². The molecule has 2 aromatic heterocycles. The Kier molecular flexibility index (Phi) is 7.60. The van der Waals surface area contributed by atoms with Gasteiger partial charge in [-0.05, 0) is 106 Å². The van der Waals surface area contributed by atoms with Gasteiger partial charge in [-0.25, -0.2) is 0 Å². The summed E-state index contributed by atoms with van der Waals surface area (Å²) in [4.78, 5) is 10.4. The lowest BCUT2D eigenvalue weighted by molar-refractivity contribution is 0.590. The molecule has 0 amide bonds. The van der Waals surface area contributed by atoms with Crippen molar-refractivity contribution in [3.05, 3.63) is 151 Å². The number of hydrogen-bond donors (Lipinski definition) is 0. The number of fused-ring (bicyclic) bond motifs is 13. The second-order valence-electron chi connectivity index (χ2n) is 18.1. The van der Waals surface area contributed by atoms with E-state index < -0.39 is 0 Å². The fourth-order valence-corrected chi connectivity index (χ4v) is 13.4. The highest BCUT2D eigenvalue weighted by Gasteiger charge is 2.47. The molecular weight excluding hydrogens is 776 g/mol. The third-order valence-corrected chi connectivity index (χ3v) is 16.3. The van der Waals surface area contributed by atoms with E-state index in [1.165, 1.54) is 101 Å². The third kappa shape index (κ3) is 5.24. The van der Waals surface area contributed by atoms with Crippen LogP contribution in [0.2, 0.25) is 0 Å². The lowest BCUT2D eigenvalue weighted by atomic mass is 9.36. The lowest BCUT2D eigenvalue weighted by Crippen LogP contribution is -2.60. The Labute approximate surface area is 358 Å². The minimum Gasteiger partial charge on any atom is -0.456 e. The van der Waals surface area contributed by atoms with Gasteiger partial charge in [0.1, 0.15) is 11.2 Å². The summed E-state index contributed by atoms with van der Waals surface area (Å²) in [5.74, 6) is 0. The van der Waals surface area contributed by atoms with Crippen LogP contribution in [-0.2, 0) is 10.8 Å². The van der Waals surface area contributed by atoms with Crippen molar-refractivity contribution in [3.63, 3.8) is 0 Å².